The number of carbonyl (C=O) groups excluding carboxylic acids is 1. The van der Waals surface area contributed by atoms with E-state index < -0.39 is 0 Å². The van der Waals surface area contributed by atoms with Gasteiger partial charge < -0.3 is 0 Å². The molecule has 2 heteroatoms. The Morgan fingerprint density at radius 1 is 1.22 bits per heavy atom. The first-order chi connectivity index (χ1) is 4.30. The topological polar surface area (TPSA) is 17.1 Å². The molecule has 0 aromatic heterocycles. The summed E-state index contributed by atoms with van der Waals surface area (Å²) in [7, 11) is 0. The summed E-state index contributed by atoms with van der Waals surface area (Å²) < 4.78 is 0.0584. The molecule has 0 unspecified atom stereocenters. The quantitative estimate of drug-likeness (QED) is 0.589. The van der Waals surface area contributed by atoms with E-state index in [0.29, 0.717) is 0 Å². The van der Waals surface area contributed by atoms with Crippen molar-refractivity contribution in [3.63, 3.8) is 0 Å². The van der Waals surface area contributed by atoms with Crippen LogP contribution in [0.25, 0.3) is 0 Å². The predicted octanol–water partition coefficient (Wildman–Crippen LogP) is 0.728. The van der Waals surface area contributed by atoms with Gasteiger partial charge in [0.1, 0.15) is 0 Å². The molecule has 46 valence electrons. The van der Waals surface area contributed by atoms with E-state index in [1.807, 2.05) is 34.2 Å². The van der Waals surface area contributed by atoms with Crippen molar-refractivity contribution in [2.24, 2.45) is 0 Å². The Bertz CT molecular complexity index is 205. The zero-order valence-corrected chi connectivity index (χ0v) is 6.62. The van der Waals surface area contributed by atoms with Crippen LogP contribution < -0.4 is 0 Å². The third-order valence-corrected chi connectivity index (χ3v) is 1.56. The van der Waals surface area contributed by atoms with Crippen molar-refractivity contribution in [3.05, 3.63) is 35.9 Å². The molecule has 0 aliphatic rings. The van der Waals surface area contributed by atoms with Crippen LogP contribution in [0.2, 0.25) is 0 Å². The van der Waals surface area contributed by atoms with E-state index in [9.17, 15) is 4.79 Å². The van der Waals surface area contributed by atoms with Crippen LogP contribution in [0, 0.1) is 0 Å². The molecule has 0 saturated carbocycles. The average Bonchev–Trinajstić information content (AvgIpc) is 1.90. The van der Waals surface area contributed by atoms with Gasteiger partial charge in [0.2, 0.25) is 0 Å². The zero-order chi connectivity index (χ0) is 6.69. The molecule has 9 heavy (non-hydrogen) atoms. The Kier molecular flexibility index (Phi) is 2.04. The van der Waals surface area contributed by atoms with E-state index in [1.165, 1.54) is 0 Å². The molecule has 0 radical (unpaired) electrons. The first kappa shape index (κ1) is 6.53. The summed E-state index contributed by atoms with van der Waals surface area (Å²) in [4.78, 5) is 10.6. The van der Waals surface area contributed by atoms with Crippen LogP contribution >= 0.6 is 0 Å². The van der Waals surface area contributed by atoms with E-state index >= 15 is 0 Å². The Labute approximate surface area is 61.9 Å². The van der Waals surface area contributed by atoms with E-state index in [4.69, 9.17) is 0 Å². The molecule has 0 N–H and O–H groups in total. The van der Waals surface area contributed by atoms with Gasteiger partial charge in [0.05, 0.1) is 0 Å². The second kappa shape index (κ2) is 2.81. The normalized spacial score (nSPS) is 9.00. The number of hydrogen-bond acceptors (Lipinski definition) is 1. The molecule has 0 bridgehead atoms. The number of carbonyl (C=O) groups is 1. The molecule has 0 spiro atoms. The van der Waals surface area contributed by atoms with Crippen molar-refractivity contribution >= 4 is 20.7 Å². The molecule has 0 aliphatic carbocycles. The monoisotopic (exact) mass is 186 g/mol. The maximum absolute atomic E-state index is 10.6. The van der Waals surface area contributed by atoms with Crippen molar-refractivity contribution in [2.75, 3.05) is 0 Å². The van der Waals surface area contributed by atoms with Gasteiger partial charge >= 0.3 is 61.4 Å². The number of hydrogen-bond donors (Lipinski definition) is 0. The van der Waals surface area contributed by atoms with Crippen LogP contribution in [0.4, 0.5) is 0 Å². The number of rotatable bonds is 1. The fourth-order valence-corrected chi connectivity index (χ4v) is 0.893. The van der Waals surface area contributed by atoms with Gasteiger partial charge in [-0.1, -0.05) is 0 Å². The summed E-state index contributed by atoms with van der Waals surface area (Å²) in [6.45, 7) is 0. The molecular weight excluding hydrogens is 179 g/mol. The van der Waals surface area contributed by atoms with Gasteiger partial charge in [0, 0.05) is 0 Å². The van der Waals surface area contributed by atoms with Crippen LogP contribution in [0.3, 0.4) is 0 Å². The Morgan fingerprint density at radius 3 is 2.11 bits per heavy atom. The van der Waals surface area contributed by atoms with Gasteiger partial charge in [0.15, 0.2) is 0 Å². The predicted molar refractivity (Wildman–Crippen MR) is 37.9 cm³/mol. The summed E-state index contributed by atoms with van der Waals surface area (Å²) in [6.07, 6.45) is 0. The summed E-state index contributed by atoms with van der Waals surface area (Å²) in [5.74, 6) is 0. The summed E-state index contributed by atoms with van der Waals surface area (Å²) in [6, 6.07) is 9.17. The molecule has 1 aromatic rings. The molecule has 0 amide bonds. The molecular formula is C7H6OSe. The van der Waals surface area contributed by atoms with Crippen LogP contribution in [0.15, 0.2) is 30.3 Å². The molecule has 0 heterocycles. The second-order valence-electron chi connectivity index (χ2n) is 1.67. The molecule has 0 fully saturated rings. The SMILES string of the molecule is O=C([SeH])c1ccccc1. The molecule has 0 aliphatic heterocycles. The average molecular weight is 185 g/mol. The van der Waals surface area contributed by atoms with Crippen molar-refractivity contribution in [1.29, 1.82) is 0 Å². The van der Waals surface area contributed by atoms with Gasteiger partial charge in [-0.3, -0.25) is 0 Å². The maximum atomic E-state index is 10.6. The summed E-state index contributed by atoms with van der Waals surface area (Å²) in [5, 5.41) is 0. The zero-order valence-electron chi connectivity index (χ0n) is 4.74. The second-order valence-corrected chi connectivity index (χ2v) is 2.52. The van der Waals surface area contributed by atoms with Crippen molar-refractivity contribution in [3.8, 4) is 0 Å². The van der Waals surface area contributed by atoms with Gasteiger partial charge in [-0.2, -0.15) is 0 Å². The third-order valence-electron chi connectivity index (χ3n) is 1.02. The fraction of sp³-hybridized carbons (Fsp3) is 0. The van der Waals surface area contributed by atoms with Crippen LogP contribution in [-0.2, 0) is 0 Å². The molecule has 0 atom stereocenters. The number of benzene rings is 1. The van der Waals surface area contributed by atoms with Crippen LogP contribution in [-0.4, -0.2) is 20.7 Å². The van der Waals surface area contributed by atoms with Crippen molar-refractivity contribution < 1.29 is 4.79 Å². The molecule has 1 nitrogen and oxygen atoms in total. The summed E-state index contributed by atoms with van der Waals surface area (Å²) >= 11 is 1.99. The van der Waals surface area contributed by atoms with Crippen molar-refractivity contribution in [2.45, 2.75) is 0 Å². The minimum atomic E-state index is 0.0584. The summed E-state index contributed by atoms with van der Waals surface area (Å²) in [5.41, 5.74) is 0.748. The van der Waals surface area contributed by atoms with Gasteiger partial charge in [-0.15, -0.1) is 0 Å². The Balaban J connectivity index is 2.98. The molecule has 1 rings (SSSR count). The standard InChI is InChI=1S/C7H6OSe/c8-7(9)6-4-2-1-3-5-6/h1-5H,(H,8,9). The van der Waals surface area contributed by atoms with Crippen molar-refractivity contribution in [1.82, 2.24) is 0 Å². The first-order valence-electron chi connectivity index (χ1n) is 2.59. The van der Waals surface area contributed by atoms with E-state index in [2.05, 4.69) is 0 Å². The van der Waals surface area contributed by atoms with Crippen LogP contribution in [0.5, 0.6) is 0 Å². The molecule has 1 aromatic carbocycles. The van der Waals surface area contributed by atoms with E-state index in [0.717, 1.165) is 5.56 Å². The van der Waals surface area contributed by atoms with Gasteiger partial charge in [0.25, 0.3) is 0 Å². The Morgan fingerprint density at radius 2 is 1.78 bits per heavy atom. The Hall–Kier alpha value is -0.591. The van der Waals surface area contributed by atoms with E-state index in [1.54, 1.807) is 12.1 Å². The minimum absolute atomic E-state index is 0.0584. The third kappa shape index (κ3) is 1.67. The fourth-order valence-electron chi connectivity index (χ4n) is 0.581. The van der Waals surface area contributed by atoms with Gasteiger partial charge in [-0.25, -0.2) is 0 Å². The molecule has 0 saturated heterocycles. The van der Waals surface area contributed by atoms with Gasteiger partial charge in [-0.05, 0) is 0 Å². The van der Waals surface area contributed by atoms with E-state index in [-0.39, 0.29) is 4.68 Å². The van der Waals surface area contributed by atoms with Crippen LogP contribution in [0.1, 0.15) is 10.4 Å². The first-order valence-corrected chi connectivity index (χ1v) is 3.53.